The van der Waals surface area contributed by atoms with Gasteiger partial charge in [0, 0.05) is 12.8 Å². The van der Waals surface area contributed by atoms with E-state index in [2.05, 4.69) is 60.9 Å². The van der Waals surface area contributed by atoms with Gasteiger partial charge in [-0.25, -0.2) is 4.79 Å². The highest BCUT2D eigenvalue weighted by atomic mass is 16.5. The summed E-state index contributed by atoms with van der Waals surface area (Å²) in [5, 5.41) is 22.6. The van der Waals surface area contributed by atoms with Gasteiger partial charge < -0.3 is 25.6 Å². The van der Waals surface area contributed by atoms with Crippen LogP contribution in [0.5, 0.6) is 0 Å². The van der Waals surface area contributed by atoms with Crippen molar-refractivity contribution in [3.8, 4) is 0 Å². The highest BCUT2D eigenvalue weighted by Crippen LogP contribution is 2.18. The zero-order valence-corrected chi connectivity index (χ0v) is 37.3. The molecule has 2 atom stereocenters. The monoisotopic (exact) mass is 817 g/mol. The molecule has 0 spiro atoms. The lowest BCUT2D eigenvalue weighted by molar-refractivity contribution is -0.150. The number of aliphatic hydroxyl groups is 1. The van der Waals surface area contributed by atoms with Gasteiger partial charge >= 0.3 is 11.9 Å². The molecule has 0 aliphatic rings. The summed E-state index contributed by atoms with van der Waals surface area (Å²) in [6.07, 6.45) is 50.3. The molecule has 2 amide bonds. The molecule has 0 radical (unpaired) electrons. The van der Waals surface area contributed by atoms with E-state index in [-0.39, 0.29) is 30.9 Å². The topological polar surface area (TPSA) is 142 Å². The van der Waals surface area contributed by atoms with Gasteiger partial charge in [0.15, 0.2) is 0 Å². The van der Waals surface area contributed by atoms with E-state index >= 15 is 0 Å². The van der Waals surface area contributed by atoms with Crippen LogP contribution >= 0.6 is 0 Å². The minimum absolute atomic E-state index is 0.0568. The maximum absolute atomic E-state index is 12.8. The standard InChI is InChI=1S/C49H88N2O7/c1-3-5-7-9-11-13-15-16-17-18-19-20-21-22-24-26-28-33-37-41-48(55)58-44(38-34-30-27-25-23-14-12-10-8-6-4-2)39-35-31-29-32-36-40-46(53)50-42-47(54)51-45(43-52)49(56)57/h12,14,16-17,25,27,44-45,52H,3-11,13,15,18-24,26,28-43H2,1-2H3,(H,50,53)(H,51,54)(H,56,57)/b14-12-,17-16-,27-25-. The zero-order valence-electron chi connectivity index (χ0n) is 37.3. The maximum atomic E-state index is 12.8. The molecule has 9 heteroatoms. The van der Waals surface area contributed by atoms with Gasteiger partial charge in [-0.3, -0.25) is 14.4 Å². The smallest absolute Gasteiger partial charge is 0.328 e. The minimum Gasteiger partial charge on any atom is -0.480 e. The van der Waals surface area contributed by atoms with Gasteiger partial charge in [0.25, 0.3) is 0 Å². The third kappa shape index (κ3) is 39.9. The van der Waals surface area contributed by atoms with E-state index in [0.29, 0.717) is 12.8 Å². The van der Waals surface area contributed by atoms with Crippen LogP contribution in [0.1, 0.15) is 226 Å². The summed E-state index contributed by atoms with van der Waals surface area (Å²) in [7, 11) is 0. The van der Waals surface area contributed by atoms with Crippen LogP contribution in [-0.2, 0) is 23.9 Å². The third-order valence-corrected chi connectivity index (χ3v) is 10.6. The number of allylic oxidation sites excluding steroid dienone is 6. The Bertz CT molecular complexity index is 1070. The minimum atomic E-state index is -1.39. The first kappa shape index (κ1) is 55.1. The van der Waals surface area contributed by atoms with Crippen LogP contribution in [-0.4, -0.2) is 59.3 Å². The average molecular weight is 817 g/mol. The van der Waals surface area contributed by atoms with E-state index in [1.807, 2.05) is 0 Å². The van der Waals surface area contributed by atoms with Gasteiger partial charge in [0.1, 0.15) is 12.1 Å². The molecule has 0 rings (SSSR count). The van der Waals surface area contributed by atoms with Gasteiger partial charge in [0.2, 0.25) is 11.8 Å². The fraction of sp³-hybridized carbons (Fsp3) is 0.796. The summed E-state index contributed by atoms with van der Waals surface area (Å²) >= 11 is 0. The molecule has 0 aliphatic heterocycles. The molecule has 4 N–H and O–H groups in total. The van der Waals surface area contributed by atoms with Gasteiger partial charge in [-0.1, -0.05) is 159 Å². The number of carbonyl (C=O) groups is 4. The first-order valence-corrected chi connectivity index (χ1v) is 23.9. The van der Waals surface area contributed by atoms with Crippen LogP contribution in [0.2, 0.25) is 0 Å². The first-order chi connectivity index (χ1) is 28.3. The molecule has 0 aromatic rings. The Balaban J connectivity index is 4.27. The van der Waals surface area contributed by atoms with Gasteiger partial charge in [-0.05, 0) is 89.9 Å². The highest BCUT2D eigenvalue weighted by Gasteiger charge is 2.19. The number of hydrogen-bond donors (Lipinski definition) is 4. The number of hydrogen-bond acceptors (Lipinski definition) is 6. The Morgan fingerprint density at radius 3 is 1.50 bits per heavy atom. The van der Waals surface area contributed by atoms with Crippen molar-refractivity contribution in [1.29, 1.82) is 0 Å². The summed E-state index contributed by atoms with van der Waals surface area (Å²) in [6, 6.07) is -1.39. The zero-order chi connectivity index (χ0) is 42.6. The molecule has 0 heterocycles. The van der Waals surface area contributed by atoms with Gasteiger partial charge in [0.05, 0.1) is 13.2 Å². The lowest BCUT2D eigenvalue weighted by Gasteiger charge is -2.18. The van der Waals surface area contributed by atoms with Crippen molar-refractivity contribution in [1.82, 2.24) is 10.6 Å². The molecule has 0 aliphatic carbocycles. The second kappa shape index (κ2) is 43.6. The van der Waals surface area contributed by atoms with Crippen LogP contribution in [0, 0.1) is 0 Å². The van der Waals surface area contributed by atoms with Gasteiger partial charge in [-0.2, -0.15) is 0 Å². The summed E-state index contributed by atoms with van der Waals surface area (Å²) in [5.74, 6) is -2.32. The number of amides is 2. The van der Waals surface area contributed by atoms with Crippen molar-refractivity contribution < 1.29 is 34.1 Å². The maximum Gasteiger partial charge on any atom is 0.328 e. The summed E-state index contributed by atoms with van der Waals surface area (Å²) in [5.41, 5.74) is 0. The van der Waals surface area contributed by atoms with Crippen molar-refractivity contribution in [2.75, 3.05) is 13.2 Å². The fourth-order valence-electron chi connectivity index (χ4n) is 6.92. The molecule has 58 heavy (non-hydrogen) atoms. The van der Waals surface area contributed by atoms with Crippen molar-refractivity contribution in [3.63, 3.8) is 0 Å². The Morgan fingerprint density at radius 2 is 0.948 bits per heavy atom. The number of aliphatic carboxylic acids is 1. The van der Waals surface area contributed by atoms with E-state index in [0.717, 1.165) is 77.0 Å². The number of nitrogens with one attached hydrogen (secondary N) is 2. The predicted octanol–water partition coefficient (Wildman–Crippen LogP) is 12.2. The largest absolute Gasteiger partial charge is 0.480 e. The Kier molecular flexibility index (Phi) is 41.4. The van der Waals surface area contributed by atoms with Crippen molar-refractivity contribution in [2.24, 2.45) is 0 Å². The third-order valence-electron chi connectivity index (χ3n) is 10.6. The number of esters is 1. The number of carboxylic acid groups (broad SMARTS) is 1. The average Bonchev–Trinajstić information content (AvgIpc) is 3.21. The Labute approximate surface area is 355 Å². The molecule has 0 bridgehead atoms. The van der Waals surface area contributed by atoms with Crippen LogP contribution in [0.15, 0.2) is 36.5 Å². The van der Waals surface area contributed by atoms with E-state index < -0.39 is 24.5 Å². The molecule has 0 aromatic heterocycles. The Hall–Kier alpha value is -2.94. The number of unbranched alkanes of at least 4 members (excludes halogenated alkanes) is 23. The van der Waals surface area contributed by atoms with Crippen LogP contribution < -0.4 is 10.6 Å². The molecule has 336 valence electrons. The van der Waals surface area contributed by atoms with E-state index in [9.17, 15) is 19.2 Å². The normalized spacial score (nSPS) is 12.7. The second-order valence-electron chi connectivity index (χ2n) is 16.2. The molecule has 2 unspecified atom stereocenters. The van der Waals surface area contributed by atoms with E-state index in [4.69, 9.17) is 14.9 Å². The summed E-state index contributed by atoms with van der Waals surface area (Å²) in [4.78, 5) is 47.6. The SMILES string of the molecule is CCCCC/C=C\C/C=C\CCCC(CCCCCCCC(=O)NCC(=O)NC(CO)C(=O)O)OC(=O)CCCCCCCCCCC/C=C\CCCCCCCC. The molecule has 9 nitrogen and oxygen atoms in total. The quantitative estimate of drug-likeness (QED) is 0.0273. The number of aliphatic hydroxyl groups excluding tert-OH is 1. The highest BCUT2D eigenvalue weighted by molar-refractivity contribution is 5.87. The molecular weight excluding hydrogens is 729 g/mol. The summed E-state index contributed by atoms with van der Waals surface area (Å²) in [6.45, 7) is 3.45. The number of rotatable bonds is 43. The number of carboxylic acids is 1. The lowest BCUT2D eigenvalue weighted by Crippen LogP contribution is -2.47. The van der Waals surface area contributed by atoms with Crippen molar-refractivity contribution in [2.45, 2.75) is 238 Å². The fourth-order valence-corrected chi connectivity index (χ4v) is 6.92. The van der Waals surface area contributed by atoms with Crippen LogP contribution in [0.25, 0.3) is 0 Å². The first-order valence-electron chi connectivity index (χ1n) is 23.9. The second-order valence-corrected chi connectivity index (χ2v) is 16.2. The van der Waals surface area contributed by atoms with Crippen molar-refractivity contribution >= 4 is 23.8 Å². The van der Waals surface area contributed by atoms with Crippen LogP contribution in [0.3, 0.4) is 0 Å². The van der Waals surface area contributed by atoms with Gasteiger partial charge in [-0.15, -0.1) is 0 Å². The van der Waals surface area contributed by atoms with Crippen LogP contribution in [0.4, 0.5) is 0 Å². The molecule has 0 saturated carbocycles. The van der Waals surface area contributed by atoms with E-state index in [1.165, 1.54) is 116 Å². The predicted molar refractivity (Wildman–Crippen MR) is 241 cm³/mol. The number of ether oxygens (including phenoxy) is 1. The Morgan fingerprint density at radius 1 is 0.517 bits per heavy atom. The van der Waals surface area contributed by atoms with Crippen molar-refractivity contribution in [3.05, 3.63) is 36.5 Å². The molecule has 0 fully saturated rings. The molecule has 0 saturated heterocycles. The molecular formula is C49H88N2O7. The lowest BCUT2D eigenvalue weighted by atomic mass is 10.0. The van der Waals surface area contributed by atoms with E-state index in [1.54, 1.807) is 0 Å². The molecule has 0 aromatic carbocycles. The number of carbonyl (C=O) groups excluding carboxylic acids is 3. The summed E-state index contributed by atoms with van der Waals surface area (Å²) < 4.78 is 6.02.